The minimum atomic E-state index is -0.316. The summed E-state index contributed by atoms with van der Waals surface area (Å²) in [4.78, 5) is 29.1. The maximum atomic E-state index is 13.1. The third-order valence-corrected chi connectivity index (χ3v) is 5.13. The van der Waals surface area contributed by atoms with Gasteiger partial charge in [-0.1, -0.05) is 0 Å². The highest BCUT2D eigenvalue weighted by Crippen LogP contribution is 2.24. The molecule has 7 nitrogen and oxygen atoms in total. The molecule has 1 saturated heterocycles. The van der Waals surface area contributed by atoms with Crippen molar-refractivity contribution in [1.82, 2.24) is 25.2 Å². The summed E-state index contributed by atoms with van der Waals surface area (Å²) < 4.78 is 0. The van der Waals surface area contributed by atoms with Gasteiger partial charge >= 0.3 is 0 Å². The van der Waals surface area contributed by atoms with Crippen LogP contribution in [0.15, 0.2) is 24.8 Å². The molecule has 0 saturated carbocycles. The first-order chi connectivity index (χ1) is 12.2. The van der Waals surface area contributed by atoms with Gasteiger partial charge in [0.05, 0.1) is 12.0 Å². The van der Waals surface area contributed by atoms with Gasteiger partial charge in [-0.15, -0.1) is 0 Å². The normalized spacial score (nSPS) is 20.9. The number of rotatable bonds is 2. The quantitative estimate of drug-likeness (QED) is 0.854. The predicted molar refractivity (Wildman–Crippen MR) is 95.4 cm³/mol. The first-order valence-corrected chi connectivity index (χ1v) is 8.94. The Morgan fingerprint density at radius 2 is 2.20 bits per heavy atom. The third kappa shape index (κ3) is 3.11. The summed E-state index contributed by atoms with van der Waals surface area (Å²) in [5, 5.41) is 3.34. The second kappa shape index (κ2) is 6.84. The highest BCUT2D eigenvalue weighted by molar-refractivity contribution is 5.83. The average molecular weight is 340 g/mol. The van der Waals surface area contributed by atoms with Gasteiger partial charge in [-0.05, 0) is 25.0 Å². The van der Waals surface area contributed by atoms with Crippen LogP contribution in [0.2, 0.25) is 0 Å². The Labute approximate surface area is 147 Å². The van der Waals surface area contributed by atoms with Crippen LogP contribution in [0.1, 0.15) is 29.4 Å². The number of carbonyl (C=O) groups excluding carboxylic acids is 1. The zero-order valence-corrected chi connectivity index (χ0v) is 14.5. The number of aromatic amines is 1. The van der Waals surface area contributed by atoms with Crippen molar-refractivity contribution in [2.24, 2.45) is 0 Å². The summed E-state index contributed by atoms with van der Waals surface area (Å²) in [5.74, 6) is 0.140. The molecule has 0 bridgehead atoms. The van der Waals surface area contributed by atoms with Crippen LogP contribution in [0.4, 0.5) is 5.69 Å². The largest absolute Gasteiger partial charge is 0.369 e. The van der Waals surface area contributed by atoms with E-state index < -0.39 is 0 Å². The minimum Gasteiger partial charge on any atom is -0.369 e. The molecule has 1 atom stereocenters. The third-order valence-electron chi connectivity index (χ3n) is 5.13. The van der Waals surface area contributed by atoms with E-state index in [1.54, 1.807) is 6.33 Å². The van der Waals surface area contributed by atoms with Gasteiger partial charge in [0.15, 0.2) is 0 Å². The van der Waals surface area contributed by atoms with E-state index in [0.717, 1.165) is 57.0 Å². The number of carbonyl (C=O) groups is 1. The van der Waals surface area contributed by atoms with E-state index in [1.807, 2.05) is 17.3 Å². The van der Waals surface area contributed by atoms with Crippen molar-refractivity contribution in [2.75, 3.05) is 37.6 Å². The summed E-state index contributed by atoms with van der Waals surface area (Å²) >= 11 is 0. The van der Waals surface area contributed by atoms with E-state index in [1.165, 1.54) is 11.3 Å². The lowest BCUT2D eigenvalue weighted by molar-refractivity contribution is -0.133. The number of hydrogen-bond acceptors (Lipinski definition) is 5. The molecular weight excluding hydrogens is 316 g/mol. The number of imidazole rings is 1. The van der Waals surface area contributed by atoms with Gasteiger partial charge in [0.25, 0.3) is 0 Å². The fourth-order valence-corrected chi connectivity index (χ4v) is 3.81. The number of pyridine rings is 1. The van der Waals surface area contributed by atoms with Gasteiger partial charge in [-0.3, -0.25) is 9.78 Å². The first kappa shape index (κ1) is 16.1. The lowest BCUT2D eigenvalue weighted by Gasteiger charge is -2.29. The van der Waals surface area contributed by atoms with E-state index >= 15 is 0 Å². The Balaban J connectivity index is 1.47. The molecule has 0 spiro atoms. The van der Waals surface area contributed by atoms with E-state index in [9.17, 15) is 4.79 Å². The smallest absolute Gasteiger partial charge is 0.246 e. The van der Waals surface area contributed by atoms with Gasteiger partial charge in [-0.2, -0.15) is 0 Å². The molecule has 0 aliphatic carbocycles. The molecular formula is C18H24N6O. The molecule has 132 valence electrons. The first-order valence-electron chi connectivity index (χ1n) is 8.94. The summed E-state index contributed by atoms with van der Waals surface area (Å²) in [6.07, 6.45) is 7.28. The van der Waals surface area contributed by atoms with Crippen molar-refractivity contribution in [3.05, 3.63) is 41.7 Å². The zero-order valence-electron chi connectivity index (χ0n) is 14.5. The Morgan fingerprint density at radius 1 is 1.28 bits per heavy atom. The van der Waals surface area contributed by atoms with Gasteiger partial charge in [0, 0.05) is 62.9 Å². The fourth-order valence-electron chi connectivity index (χ4n) is 3.81. The molecule has 4 heterocycles. The van der Waals surface area contributed by atoms with Crippen molar-refractivity contribution >= 4 is 11.6 Å². The van der Waals surface area contributed by atoms with E-state index in [0.29, 0.717) is 0 Å². The summed E-state index contributed by atoms with van der Waals surface area (Å²) in [7, 11) is 0. The maximum Gasteiger partial charge on any atom is 0.246 e. The van der Waals surface area contributed by atoms with Crippen molar-refractivity contribution in [1.29, 1.82) is 0 Å². The Kier molecular flexibility index (Phi) is 4.40. The SMILES string of the molecule is Cc1cnccc1N1CCCN(C(=O)C2NCCc3[nH]cnc32)CC1. The van der Waals surface area contributed by atoms with Gasteiger partial charge in [0.2, 0.25) is 5.91 Å². The number of anilines is 1. The summed E-state index contributed by atoms with van der Waals surface area (Å²) in [6, 6.07) is 1.75. The monoisotopic (exact) mass is 340 g/mol. The van der Waals surface area contributed by atoms with Crippen LogP contribution in [0.3, 0.4) is 0 Å². The fraction of sp³-hybridized carbons (Fsp3) is 0.500. The van der Waals surface area contributed by atoms with Crippen molar-refractivity contribution in [3.63, 3.8) is 0 Å². The topological polar surface area (TPSA) is 77.2 Å². The zero-order chi connectivity index (χ0) is 17.2. The molecule has 0 radical (unpaired) electrons. The number of H-pyrrole nitrogens is 1. The number of aromatic nitrogens is 3. The Bertz CT molecular complexity index is 758. The number of aryl methyl sites for hydroxylation is 1. The molecule has 0 aromatic carbocycles. The number of nitrogens with one attached hydrogen (secondary N) is 2. The van der Waals surface area contributed by atoms with Crippen molar-refractivity contribution in [2.45, 2.75) is 25.8 Å². The molecule has 7 heteroatoms. The lowest BCUT2D eigenvalue weighted by Crippen LogP contribution is -2.45. The molecule has 2 aliphatic heterocycles. The molecule has 1 amide bonds. The van der Waals surface area contributed by atoms with E-state index in [2.05, 4.69) is 38.2 Å². The maximum absolute atomic E-state index is 13.1. The van der Waals surface area contributed by atoms with Crippen LogP contribution in [0, 0.1) is 6.92 Å². The second-order valence-electron chi connectivity index (χ2n) is 6.73. The number of amides is 1. The molecule has 2 N–H and O–H groups in total. The van der Waals surface area contributed by atoms with Crippen LogP contribution >= 0.6 is 0 Å². The van der Waals surface area contributed by atoms with Gasteiger partial charge in [0.1, 0.15) is 6.04 Å². The Hall–Kier alpha value is -2.41. The molecule has 2 aromatic rings. The highest BCUT2D eigenvalue weighted by atomic mass is 16.2. The van der Waals surface area contributed by atoms with Crippen LogP contribution in [-0.4, -0.2) is 58.5 Å². The summed E-state index contributed by atoms with van der Waals surface area (Å²) in [5.41, 5.74) is 4.34. The lowest BCUT2D eigenvalue weighted by atomic mass is 10.0. The Morgan fingerprint density at radius 3 is 3.08 bits per heavy atom. The average Bonchev–Trinajstić information content (AvgIpc) is 2.98. The van der Waals surface area contributed by atoms with Gasteiger partial charge in [-0.25, -0.2) is 4.98 Å². The number of nitrogens with zero attached hydrogens (tertiary/aromatic N) is 4. The molecule has 25 heavy (non-hydrogen) atoms. The molecule has 2 aromatic heterocycles. The predicted octanol–water partition coefficient (Wildman–Crippen LogP) is 1.04. The van der Waals surface area contributed by atoms with Crippen LogP contribution in [0.5, 0.6) is 0 Å². The number of hydrogen-bond donors (Lipinski definition) is 2. The summed E-state index contributed by atoms with van der Waals surface area (Å²) in [6.45, 7) is 6.22. The number of fused-ring (bicyclic) bond motifs is 1. The molecule has 1 unspecified atom stereocenters. The van der Waals surface area contributed by atoms with Crippen LogP contribution in [0.25, 0.3) is 0 Å². The van der Waals surface area contributed by atoms with Gasteiger partial charge < -0.3 is 20.1 Å². The molecule has 1 fully saturated rings. The van der Waals surface area contributed by atoms with E-state index in [4.69, 9.17) is 0 Å². The van der Waals surface area contributed by atoms with Crippen LogP contribution in [-0.2, 0) is 11.2 Å². The molecule has 4 rings (SSSR count). The van der Waals surface area contributed by atoms with E-state index in [-0.39, 0.29) is 11.9 Å². The van der Waals surface area contributed by atoms with Crippen molar-refractivity contribution < 1.29 is 4.79 Å². The molecule has 2 aliphatic rings. The standard InChI is InChI=1S/C18H24N6O/c1-13-11-19-5-4-15(13)23-7-2-8-24(10-9-23)18(25)17-16-14(3-6-20-17)21-12-22-16/h4-5,11-12,17,20H,2-3,6-10H2,1H3,(H,21,22). The van der Waals surface area contributed by atoms with Crippen LogP contribution < -0.4 is 10.2 Å². The van der Waals surface area contributed by atoms with Crippen molar-refractivity contribution in [3.8, 4) is 0 Å². The highest BCUT2D eigenvalue weighted by Gasteiger charge is 2.32. The second-order valence-corrected chi connectivity index (χ2v) is 6.73. The minimum absolute atomic E-state index is 0.140.